The maximum atomic E-state index is 9.68. The van der Waals surface area contributed by atoms with Crippen LogP contribution in [0.4, 0.5) is 0 Å². The van der Waals surface area contributed by atoms with E-state index in [1.165, 1.54) is 31.2 Å². The lowest BCUT2D eigenvalue weighted by atomic mass is 9.92. The summed E-state index contributed by atoms with van der Waals surface area (Å²) in [7, 11) is 1.68. The van der Waals surface area contributed by atoms with Crippen LogP contribution in [0.3, 0.4) is 0 Å². The molecule has 3 heteroatoms. The van der Waals surface area contributed by atoms with Gasteiger partial charge in [0, 0.05) is 0 Å². The average Bonchev–Trinajstić information content (AvgIpc) is 2.83. The van der Waals surface area contributed by atoms with Gasteiger partial charge in [-0.1, -0.05) is 25.0 Å². The molecule has 0 aromatic heterocycles. The van der Waals surface area contributed by atoms with Crippen LogP contribution in [0.2, 0.25) is 0 Å². The molecule has 1 aromatic rings. The summed E-state index contributed by atoms with van der Waals surface area (Å²) in [6.45, 7) is 4.22. The highest BCUT2D eigenvalue weighted by Crippen LogP contribution is 2.25. The standard InChI is InChI=1S/C18H26N2O/c1-18(15-19,20-13-5-3-4-6-14-20)12-11-16-7-9-17(21-2)10-8-16/h7-10H,3-6,11-14H2,1-2H3. The summed E-state index contributed by atoms with van der Waals surface area (Å²) in [4.78, 5) is 2.39. The summed E-state index contributed by atoms with van der Waals surface area (Å²) >= 11 is 0. The van der Waals surface area contributed by atoms with Gasteiger partial charge in [0.05, 0.1) is 13.2 Å². The number of methoxy groups -OCH3 is 1. The summed E-state index contributed by atoms with van der Waals surface area (Å²) in [5.41, 5.74) is 0.927. The molecule has 0 amide bonds. The Bertz CT molecular complexity index is 469. The number of aryl methyl sites for hydroxylation is 1. The first-order chi connectivity index (χ1) is 10.2. The Balaban J connectivity index is 1.98. The van der Waals surface area contributed by atoms with Crippen molar-refractivity contribution in [3.63, 3.8) is 0 Å². The predicted octanol–water partition coefficient (Wildman–Crippen LogP) is 3.79. The van der Waals surface area contributed by atoms with Crippen molar-refractivity contribution in [2.75, 3.05) is 20.2 Å². The quantitative estimate of drug-likeness (QED) is 0.826. The summed E-state index contributed by atoms with van der Waals surface area (Å²) in [6.07, 6.45) is 6.87. The lowest BCUT2D eigenvalue weighted by Crippen LogP contribution is -2.46. The number of nitrogens with zero attached hydrogens (tertiary/aromatic N) is 2. The molecule has 1 aliphatic rings. The Morgan fingerprint density at radius 2 is 1.76 bits per heavy atom. The number of hydrogen-bond acceptors (Lipinski definition) is 3. The first kappa shape index (κ1) is 15.9. The first-order valence-electron chi connectivity index (χ1n) is 7.97. The second kappa shape index (κ2) is 7.47. The third-order valence-electron chi connectivity index (χ3n) is 4.60. The molecule has 0 N–H and O–H groups in total. The lowest BCUT2D eigenvalue weighted by molar-refractivity contribution is 0.149. The van der Waals surface area contributed by atoms with Crippen molar-refractivity contribution in [3.8, 4) is 11.8 Å². The van der Waals surface area contributed by atoms with Gasteiger partial charge in [-0.05, 0) is 63.4 Å². The van der Waals surface area contributed by atoms with E-state index in [2.05, 4.69) is 30.0 Å². The highest BCUT2D eigenvalue weighted by atomic mass is 16.5. The van der Waals surface area contributed by atoms with E-state index in [9.17, 15) is 5.26 Å². The van der Waals surface area contributed by atoms with Gasteiger partial charge in [-0.2, -0.15) is 5.26 Å². The molecule has 1 atom stereocenters. The predicted molar refractivity (Wildman–Crippen MR) is 85.4 cm³/mol. The molecule has 0 radical (unpaired) electrons. The van der Waals surface area contributed by atoms with Crippen molar-refractivity contribution in [2.45, 2.75) is 51.0 Å². The van der Waals surface area contributed by atoms with Crippen molar-refractivity contribution >= 4 is 0 Å². The zero-order chi connectivity index (χ0) is 15.1. The molecule has 1 unspecified atom stereocenters. The van der Waals surface area contributed by atoms with E-state index in [1.807, 2.05) is 12.1 Å². The Hall–Kier alpha value is -1.53. The molecule has 0 spiro atoms. The topological polar surface area (TPSA) is 36.3 Å². The number of nitriles is 1. The summed E-state index contributed by atoms with van der Waals surface area (Å²) in [6, 6.07) is 10.7. The lowest BCUT2D eigenvalue weighted by Gasteiger charge is -2.35. The Morgan fingerprint density at radius 3 is 2.29 bits per heavy atom. The molecule has 0 aliphatic carbocycles. The SMILES string of the molecule is COc1ccc(CCC(C)(C#N)N2CCCCCC2)cc1. The molecule has 21 heavy (non-hydrogen) atoms. The van der Waals surface area contributed by atoms with E-state index in [0.29, 0.717) is 0 Å². The Morgan fingerprint density at radius 1 is 1.14 bits per heavy atom. The minimum atomic E-state index is -0.343. The molecule has 0 bridgehead atoms. The second-order valence-electron chi connectivity index (χ2n) is 6.13. The molecule has 114 valence electrons. The number of benzene rings is 1. The number of hydrogen-bond donors (Lipinski definition) is 0. The largest absolute Gasteiger partial charge is 0.497 e. The van der Waals surface area contributed by atoms with Crippen LogP contribution in [0.5, 0.6) is 5.75 Å². The van der Waals surface area contributed by atoms with Crippen molar-refractivity contribution in [2.24, 2.45) is 0 Å². The van der Waals surface area contributed by atoms with Crippen LogP contribution in [-0.4, -0.2) is 30.6 Å². The zero-order valence-corrected chi connectivity index (χ0v) is 13.3. The van der Waals surface area contributed by atoms with Gasteiger partial charge in [-0.15, -0.1) is 0 Å². The fourth-order valence-corrected chi connectivity index (χ4v) is 3.03. The number of ether oxygens (including phenoxy) is 1. The minimum Gasteiger partial charge on any atom is -0.497 e. The molecular formula is C18H26N2O. The van der Waals surface area contributed by atoms with E-state index in [0.717, 1.165) is 31.7 Å². The molecule has 2 rings (SSSR count). The molecule has 1 aromatic carbocycles. The van der Waals surface area contributed by atoms with Crippen molar-refractivity contribution < 1.29 is 4.74 Å². The maximum absolute atomic E-state index is 9.68. The Labute approximate surface area is 128 Å². The van der Waals surface area contributed by atoms with Gasteiger partial charge in [-0.3, -0.25) is 4.90 Å². The number of rotatable bonds is 5. The summed E-state index contributed by atoms with van der Waals surface area (Å²) in [5.74, 6) is 0.884. The van der Waals surface area contributed by atoms with E-state index >= 15 is 0 Å². The maximum Gasteiger partial charge on any atom is 0.118 e. The van der Waals surface area contributed by atoms with E-state index < -0.39 is 0 Å². The van der Waals surface area contributed by atoms with Gasteiger partial charge in [0.1, 0.15) is 11.3 Å². The fourth-order valence-electron chi connectivity index (χ4n) is 3.03. The third kappa shape index (κ3) is 4.22. The summed E-state index contributed by atoms with van der Waals surface area (Å²) in [5, 5.41) is 9.68. The highest BCUT2D eigenvalue weighted by Gasteiger charge is 2.31. The molecular weight excluding hydrogens is 260 g/mol. The van der Waals surface area contributed by atoms with E-state index in [1.54, 1.807) is 7.11 Å². The smallest absolute Gasteiger partial charge is 0.118 e. The first-order valence-corrected chi connectivity index (χ1v) is 7.97. The minimum absolute atomic E-state index is 0.343. The second-order valence-corrected chi connectivity index (χ2v) is 6.13. The van der Waals surface area contributed by atoms with Crippen LogP contribution in [0.25, 0.3) is 0 Å². The zero-order valence-electron chi connectivity index (χ0n) is 13.3. The van der Waals surface area contributed by atoms with Gasteiger partial charge < -0.3 is 4.74 Å². The Kier molecular flexibility index (Phi) is 5.64. The van der Waals surface area contributed by atoms with Crippen molar-refractivity contribution in [1.29, 1.82) is 5.26 Å². The highest BCUT2D eigenvalue weighted by molar-refractivity contribution is 5.27. The van der Waals surface area contributed by atoms with Gasteiger partial charge in [0.2, 0.25) is 0 Å². The fraction of sp³-hybridized carbons (Fsp3) is 0.611. The van der Waals surface area contributed by atoms with Crippen molar-refractivity contribution in [3.05, 3.63) is 29.8 Å². The van der Waals surface area contributed by atoms with Crippen LogP contribution in [0, 0.1) is 11.3 Å². The van der Waals surface area contributed by atoms with Crippen LogP contribution in [0.1, 0.15) is 44.6 Å². The molecule has 3 nitrogen and oxygen atoms in total. The molecule has 1 saturated heterocycles. The van der Waals surface area contributed by atoms with Gasteiger partial charge in [-0.25, -0.2) is 0 Å². The third-order valence-corrected chi connectivity index (χ3v) is 4.60. The van der Waals surface area contributed by atoms with E-state index in [-0.39, 0.29) is 5.54 Å². The molecule has 1 aliphatic heterocycles. The summed E-state index contributed by atoms with van der Waals surface area (Å²) < 4.78 is 5.18. The normalized spacial score (nSPS) is 19.3. The van der Waals surface area contributed by atoms with Crippen LogP contribution in [0.15, 0.2) is 24.3 Å². The van der Waals surface area contributed by atoms with Crippen molar-refractivity contribution in [1.82, 2.24) is 4.90 Å². The van der Waals surface area contributed by atoms with Crippen LogP contribution >= 0.6 is 0 Å². The van der Waals surface area contributed by atoms with Crippen LogP contribution in [-0.2, 0) is 6.42 Å². The molecule has 1 heterocycles. The van der Waals surface area contributed by atoms with Gasteiger partial charge >= 0.3 is 0 Å². The van der Waals surface area contributed by atoms with Gasteiger partial charge in [0.25, 0.3) is 0 Å². The molecule has 0 saturated carbocycles. The average molecular weight is 286 g/mol. The molecule has 1 fully saturated rings. The number of likely N-dealkylation sites (tertiary alicyclic amines) is 1. The van der Waals surface area contributed by atoms with E-state index in [4.69, 9.17) is 4.74 Å². The van der Waals surface area contributed by atoms with Crippen LogP contribution < -0.4 is 4.74 Å². The monoisotopic (exact) mass is 286 g/mol. The van der Waals surface area contributed by atoms with Gasteiger partial charge in [0.15, 0.2) is 0 Å².